The van der Waals surface area contributed by atoms with Crippen LogP contribution in [0.1, 0.15) is 46.1 Å². The maximum atomic E-state index is 13.8. The lowest BCUT2D eigenvalue weighted by molar-refractivity contribution is -0.139. The fraction of sp³-hybridized carbons (Fsp3) is 0.481. The van der Waals surface area contributed by atoms with Gasteiger partial charge in [0.25, 0.3) is 0 Å². The molecular weight excluding hydrogens is 494 g/mol. The Labute approximate surface area is 219 Å². The standard InChI is InChI=1S/C27H37N3O6S/c1-5-20(4)28-27(32)23(6-2)29(16-15-21-11-9-8-10-12-21)26(31)18-30(37(33,34)7-3)22-13-14-24-25(17-22)36-19-35-24/h8-14,17,20,23H,5-7,15-16,18-19H2,1-4H3,(H,28,32). The van der Waals surface area contributed by atoms with E-state index < -0.39 is 28.5 Å². The average Bonchev–Trinajstić information content (AvgIpc) is 3.37. The second-order valence-corrected chi connectivity index (χ2v) is 11.2. The first-order valence-corrected chi connectivity index (χ1v) is 14.3. The predicted octanol–water partition coefficient (Wildman–Crippen LogP) is 3.34. The van der Waals surface area contributed by atoms with Gasteiger partial charge in [-0.3, -0.25) is 13.9 Å². The Morgan fingerprint density at radius 2 is 1.70 bits per heavy atom. The number of sulfonamides is 1. The summed E-state index contributed by atoms with van der Waals surface area (Å²) in [5, 5.41) is 2.97. The van der Waals surface area contributed by atoms with Crippen LogP contribution in [-0.2, 0) is 26.0 Å². The van der Waals surface area contributed by atoms with Gasteiger partial charge in [0.05, 0.1) is 11.4 Å². The second-order valence-electron chi connectivity index (χ2n) is 9.01. The van der Waals surface area contributed by atoms with Crippen molar-refractivity contribution in [3.05, 3.63) is 54.1 Å². The van der Waals surface area contributed by atoms with E-state index in [1.54, 1.807) is 18.2 Å². The maximum Gasteiger partial charge on any atom is 0.244 e. The van der Waals surface area contributed by atoms with Crippen molar-refractivity contribution < 1.29 is 27.5 Å². The van der Waals surface area contributed by atoms with Gasteiger partial charge in [0.15, 0.2) is 11.5 Å². The normalized spacial score (nSPS) is 14.1. The first-order valence-electron chi connectivity index (χ1n) is 12.7. The van der Waals surface area contributed by atoms with Crippen LogP contribution in [-0.4, -0.2) is 62.9 Å². The Hall–Kier alpha value is -3.27. The lowest BCUT2D eigenvalue weighted by Gasteiger charge is -2.33. The SMILES string of the molecule is CCC(C)NC(=O)C(CC)N(CCc1ccccc1)C(=O)CN(c1ccc2c(c1)OCO2)S(=O)(=O)CC. The topological polar surface area (TPSA) is 105 Å². The van der Waals surface area contributed by atoms with Crippen molar-refractivity contribution in [2.75, 3.05) is 29.9 Å². The van der Waals surface area contributed by atoms with Gasteiger partial charge in [-0.15, -0.1) is 0 Å². The highest BCUT2D eigenvalue weighted by Crippen LogP contribution is 2.36. The summed E-state index contributed by atoms with van der Waals surface area (Å²) in [6.45, 7) is 7.16. The lowest BCUT2D eigenvalue weighted by Crippen LogP contribution is -2.54. The molecule has 2 aromatic carbocycles. The summed E-state index contributed by atoms with van der Waals surface area (Å²) in [6, 6.07) is 13.7. The van der Waals surface area contributed by atoms with E-state index >= 15 is 0 Å². The van der Waals surface area contributed by atoms with Crippen LogP contribution < -0.4 is 19.1 Å². The molecule has 1 heterocycles. The minimum Gasteiger partial charge on any atom is -0.454 e. The third kappa shape index (κ3) is 7.15. The number of hydrogen-bond donors (Lipinski definition) is 1. The van der Waals surface area contributed by atoms with Crippen molar-refractivity contribution in [3.8, 4) is 11.5 Å². The molecule has 1 aliphatic heterocycles. The fourth-order valence-electron chi connectivity index (χ4n) is 4.10. The molecule has 1 aliphatic rings. The van der Waals surface area contributed by atoms with Crippen LogP contribution in [0.2, 0.25) is 0 Å². The van der Waals surface area contributed by atoms with Gasteiger partial charge in [-0.1, -0.05) is 44.2 Å². The minimum absolute atomic E-state index is 0.0433. The van der Waals surface area contributed by atoms with E-state index in [4.69, 9.17) is 9.47 Å². The lowest BCUT2D eigenvalue weighted by atomic mass is 10.1. The number of benzene rings is 2. The highest BCUT2D eigenvalue weighted by molar-refractivity contribution is 7.92. The number of anilines is 1. The third-order valence-corrected chi connectivity index (χ3v) is 8.24. The van der Waals surface area contributed by atoms with Crippen molar-refractivity contribution in [2.45, 2.75) is 59.0 Å². The zero-order chi connectivity index (χ0) is 27.0. The molecule has 2 atom stereocenters. The molecule has 2 amide bonds. The fourth-order valence-corrected chi connectivity index (χ4v) is 5.15. The summed E-state index contributed by atoms with van der Waals surface area (Å²) < 4.78 is 38.0. The molecule has 3 rings (SSSR count). The van der Waals surface area contributed by atoms with Crippen molar-refractivity contribution in [1.29, 1.82) is 0 Å². The van der Waals surface area contributed by atoms with Crippen molar-refractivity contribution >= 4 is 27.5 Å². The summed E-state index contributed by atoms with van der Waals surface area (Å²) in [6.07, 6.45) is 1.68. The Kier molecular flexibility index (Phi) is 9.79. The monoisotopic (exact) mass is 531 g/mol. The van der Waals surface area contributed by atoms with Crippen molar-refractivity contribution in [3.63, 3.8) is 0 Å². The molecule has 10 heteroatoms. The highest BCUT2D eigenvalue weighted by atomic mass is 32.2. The average molecular weight is 532 g/mol. The molecule has 202 valence electrons. The molecule has 9 nitrogen and oxygen atoms in total. The summed E-state index contributed by atoms with van der Waals surface area (Å²) >= 11 is 0. The van der Waals surface area contributed by atoms with Gasteiger partial charge in [-0.2, -0.15) is 0 Å². The quantitative estimate of drug-likeness (QED) is 0.425. The number of nitrogens with one attached hydrogen (secondary N) is 1. The zero-order valence-electron chi connectivity index (χ0n) is 22.0. The molecule has 2 aromatic rings. The van der Waals surface area contributed by atoms with Crippen LogP contribution in [0.3, 0.4) is 0 Å². The Bertz CT molecular complexity index is 1170. The largest absolute Gasteiger partial charge is 0.454 e. The van der Waals surface area contributed by atoms with Gasteiger partial charge < -0.3 is 19.7 Å². The Morgan fingerprint density at radius 3 is 2.35 bits per heavy atom. The van der Waals surface area contributed by atoms with Crippen LogP contribution in [0, 0.1) is 0 Å². The third-order valence-electron chi connectivity index (χ3n) is 6.49. The molecule has 0 spiro atoms. The molecule has 0 radical (unpaired) electrons. The van der Waals surface area contributed by atoms with Gasteiger partial charge in [0, 0.05) is 18.7 Å². The highest BCUT2D eigenvalue weighted by Gasteiger charge is 2.33. The van der Waals surface area contributed by atoms with Crippen LogP contribution in [0.5, 0.6) is 11.5 Å². The Balaban J connectivity index is 1.91. The van der Waals surface area contributed by atoms with Gasteiger partial charge >= 0.3 is 0 Å². The number of ether oxygens (including phenoxy) is 2. The second kappa shape index (κ2) is 12.8. The number of rotatable bonds is 13. The summed E-state index contributed by atoms with van der Waals surface area (Å²) in [5.41, 5.74) is 1.32. The van der Waals surface area contributed by atoms with Gasteiger partial charge in [-0.05, 0) is 50.8 Å². The van der Waals surface area contributed by atoms with E-state index in [1.807, 2.05) is 51.1 Å². The van der Waals surface area contributed by atoms with E-state index in [0.29, 0.717) is 30.0 Å². The molecular formula is C27H37N3O6S. The van der Waals surface area contributed by atoms with Crippen LogP contribution in [0.15, 0.2) is 48.5 Å². The molecule has 2 unspecified atom stereocenters. The van der Waals surface area contributed by atoms with E-state index in [9.17, 15) is 18.0 Å². The molecule has 1 N–H and O–H groups in total. The molecule has 0 saturated carbocycles. The van der Waals surface area contributed by atoms with Crippen LogP contribution >= 0.6 is 0 Å². The van der Waals surface area contributed by atoms with Crippen LogP contribution in [0.25, 0.3) is 0 Å². The number of hydrogen-bond acceptors (Lipinski definition) is 6. The van der Waals surface area contributed by atoms with E-state index in [-0.39, 0.29) is 31.0 Å². The van der Waals surface area contributed by atoms with E-state index in [2.05, 4.69) is 5.32 Å². The van der Waals surface area contributed by atoms with Crippen LogP contribution in [0.4, 0.5) is 5.69 Å². The van der Waals surface area contributed by atoms with Gasteiger partial charge in [0.2, 0.25) is 28.6 Å². The minimum atomic E-state index is -3.81. The molecule has 37 heavy (non-hydrogen) atoms. The number of carbonyl (C=O) groups is 2. The molecule has 0 fully saturated rings. The van der Waals surface area contributed by atoms with E-state index in [1.165, 1.54) is 11.8 Å². The molecule has 0 saturated heterocycles. The summed E-state index contributed by atoms with van der Waals surface area (Å²) in [7, 11) is -3.81. The molecule has 0 aliphatic carbocycles. The number of nitrogens with zero attached hydrogens (tertiary/aromatic N) is 2. The summed E-state index contributed by atoms with van der Waals surface area (Å²) in [5.74, 6) is 0.0514. The number of carbonyl (C=O) groups excluding carboxylic acids is 2. The molecule has 0 bridgehead atoms. The number of fused-ring (bicyclic) bond motifs is 1. The maximum absolute atomic E-state index is 13.8. The van der Waals surface area contributed by atoms with E-state index in [0.717, 1.165) is 16.3 Å². The van der Waals surface area contributed by atoms with Gasteiger partial charge in [-0.25, -0.2) is 8.42 Å². The predicted molar refractivity (Wildman–Crippen MR) is 143 cm³/mol. The summed E-state index contributed by atoms with van der Waals surface area (Å²) in [4.78, 5) is 28.5. The smallest absolute Gasteiger partial charge is 0.244 e. The zero-order valence-corrected chi connectivity index (χ0v) is 22.8. The first-order chi connectivity index (χ1) is 17.7. The Morgan fingerprint density at radius 1 is 1.00 bits per heavy atom. The van der Waals surface area contributed by atoms with Gasteiger partial charge in [0.1, 0.15) is 12.6 Å². The molecule has 0 aromatic heterocycles. The van der Waals surface area contributed by atoms with Crippen molar-refractivity contribution in [1.82, 2.24) is 10.2 Å². The first kappa shape index (κ1) is 28.3. The number of amides is 2. The van der Waals surface area contributed by atoms with Crippen molar-refractivity contribution in [2.24, 2.45) is 0 Å².